The highest BCUT2D eigenvalue weighted by Crippen LogP contribution is 2.28. The van der Waals surface area contributed by atoms with E-state index in [1.165, 1.54) is 6.07 Å². The molecule has 10 heteroatoms. The van der Waals surface area contributed by atoms with Crippen LogP contribution in [0.4, 0.5) is 38.1 Å². The summed E-state index contributed by atoms with van der Waals surface area (Å²) in [4.78, 5) is 11.9. The third-order valence-electron chi connectivity index (χ3n) is 3.63. The Morgan fingerprint density at radius 2 is 1.75 bits per heavy atom. The monoisotopic (exact) mass is 401 g/mol. The zero-order chi connectivity index (χ0) is 20.8. The van der Waals surface area contributed by atoms with Gasteiger partial charge < -0.3 is 20.8 Å². The first-order chi connectivity index (χ1) is 13.2. The predicted octanol–water partition coefficient (Wildman–Crippen LogP) is 5.10. The Kier molecular flexibility index (Phi) is 6.80. The fourth-order valence-electron chi connectivity index (χ4n) is 2.36. The minimum Gasteiger partial charge on any atom is -0.456 e. The van der Waals surface area contributed by atoms with Crippen LogP contribution in [0.15, 0.2) is 40.8 Å². The number of urea groups is 1. The molecule has 0 atom stereocenters. The quantitative estimate of drug-likeness (QED) is 0.422. The molecule has 0 unspecified atom stereocenters. The lowest BCUT2D eigenvalue weighted by molar-refractivity contribution is 0.00819. The van der Waals surface area contributed by atoms with Gasteiger partial charge >= 0.3 is 12.7 Å². The van der Waals surface area contributed by atoms with Crippen molar-refractivity contribution in [3.8, 4) is 0 Å². The Labute approximate surface area is 156 Å². The number of benzene rings is 2. The lowest BCUT2D eigenvalue weighted by Crippen LogP contribution is -2.28. The normalized spacial score (nSPS) is 10.5. The zero-order valence-corrected chi connectivity index (χ0v) is 14.5. The highest BCUT2D eigenvalue weighted by Gasteiger charge is 2.16. The summed E-state index contributed by atoms with van der Waals surface area (Å²) in [6, 6.07) is 8.17. The summed E-state index contributed by atoms with van der Waals surface area (Å²) in [6.45, 7) is -1.94. The Morgan fingerprint density at radius 3 is 2.36 bits per heavy atom. The first-order valence-electron chi connectivity index (χ1n) is 7.87. The molecule has 3 aromatic rings. The van der Waals surface area contributed by atoms with Crippen LogP contribution in [-0.2, 0) is 6.54 Å². The number of anilines is 2. The molecular formula is C18H16F5N3O2. The van der Waals surface area contributed by atoms with E-state index < -0.39 is 24.3 Å². The van der Waals surface area contributed by atoms with Gasteiger partial charge in [-0.05, 0) is 37.3 Å². The van der Waals surface area contributed by atoms with Gasteiger partial charge in [-0.15, -0.1) is 0 Å². The standard InChI is InChI=1S/C17H15F2N3O2.CHF3/c1-9-13-6-10(18)7-14(19)16(13)24-15(9)8-21-17(23)22-12-4-2-11(20)3-5-12;2-1(3)4/h2-7H,8,20H2,1H3,(H2,21,22,23);1H. The van der Waals surface area contributed by atoms with Crippen LogP contribution in [0.5, 0.6) is 0 Å². The summed E-state index contributed by atoms with van der Waals surface area (Å²) >= 11 is 0. The van der Waals surface area contributed by atoms with Gasteiger partial charge in [-0.2, -0.15) is 13.2 Å². The number of furan rings is 1. The maximum Gasteiger partial charge on any atom is 0.379 e. The number of aryl methyl sites for hydroxylation is 1. The van der Waals surface area contributed by atoms with Gasteiger partial charge in [-0.25, -0.2) is 13.6 Å². The van der Waals surface area contributed by atoms with Crippen molar-refractivity contribution in [2.75, 3.05) is 11.1 Å². The molecule has 3 rings (SSSR count). The number of fused-ring (bicyclic) bond motifs is 1. The maximum absolute atomic E-state index is 13.7. The van der Waals surface area contributed by atoms with Crippen LogP contribution in [-0.4, -0.2) is 12.7 Å². The van der Waals surface area contributed by atoms with Gasteiger partial charge in [0.1, 0.15) is 11.6 Å². The Bertz CT molecular complexity index is 955. The first-order valence-corrected chi connectivity index (χ1v) is 7.87. The minimum atomic E-state index is -3.67. The largest absolute Gasteiger partial charge is 0.456 e. The smallest absolute Gasteiger partial charge is 0.379 e. The fraction of sp³-hybridized carbons (Fsp3) is 0.167. The van der Waals surface area contributed by atoms with E-state index in [0.29, 0.717) is 28.1 Å². The lowest BCUT2D eigenvalue weighted by atomic mass is 10.1. The van der Waals surface area contributed by atoms with E-state index in [-0.39, 0.29) is 12.1 Å². The molecular weight excluding hydrogens is 385 g/mol. The molecule has 0 fully saturated rings. The number of carbonyl (C=O) groups is 1. The third-order valence-corrected chi connectivity index (χ3v) is 3.63. The van der Waals surface area contributed by atoms with Crippen molar-refractivity contribution in [3.05, 3.63) is 59.4 Å². The number of rotatable bonds is 3. The molecule has 28 heavy (non-hydrogen) atoms. The second kappa shape index (κ2) is 9.07. The number of nitrogen functional groups attached to an aromatic ring is 1. The SMILES string of the molecule is Cc1c(CNC(=O)Nc2ccc(N)cc2)oc2c(F)cc(F)cc12.FC(F)F. The van der Waals surface area contributed by atoms with Crippen LogP contribution in [0.1, 0.15) is 11.3 Å². The van der Waals surface area contributed by atoms with Gasteiger partial charge in [-0.3, -0.25) is 0 Å². The molecule has 0 saturated carbocycles. The van der Waals surface area contributed by atoms with Crippen LogP contribution in [0, 0.1) is 18.6 Å². The van der Waals surface area contributed by atoms with Crippen molar-refractivity contribution in [1.82, 2.24) is 5.32 Å². The summed E-state index contributed by atoms with van der Waals surface area (Å²) in [7, 11) is 0. The predicted molar refractivity (Wildman–Crippen MR) is 94.7 cm³/mol. The molecule has 150 valence electrons. The van der Waals surface area contributed by atoms with Crippen molar-refractivity contribution in [3.63, 3.8) is 0 Å². The molecule has 1 heterocycles. The van der Waals surface area contributed by atoms with E-state index >= 15 is 0 Å². The summed E-state index contributed by atoms with van der Waals surface area (Å²) in [5.74, 6) is -1.09. The number of halogens is 5. The van der Waals surface area contributed by atoms with E-state index in [0.717, 1.165) is 6.07 Å². The van der Waals surface area contributed by atoms with Gasteiger partial charge in [0.2, 0.25) is 0 Å². The van der Waals surface area contributed by atoms with Gasteiger partial charge in [-0.1, -0.05) is 0 Å². The maximum atomic E-state index is 13.7. The minimum absolute atomic E-state index is 0.0235. The van der Waals surface area contributed by atoms with Gasteiger partial charge in [0, 0.05) is 28.4 Å². The Balaban J connectivity index is 0.000000640. The van der Waals surface area contributed by atoms with Gasteiger partial charge in [0.15, 0.2) is 11.4 Å². The summed E-state index contributed by atoms with van der Waals surface area (Å²) in [5.41, 5.74) is 7.30. The fourth-order valence-corrected chi connectivity index (χ4v) is 2.36. The van der Waals surface area contributed by atoms with Crippen molar-refractivity contribution >= 4 is 28.4 Å². The van der Waals surface area contributed by atoms with Crippen LogP contribution in [0.3, 0.4) is 0 Å². The lowest BCUT2D eigenvalue weighted by Gasteiger charge is -2.07. The second-order valence-corrected chi connectivity index (χ2v) is 5.59. The number of nitrogens with one attached hydrogen (secondary N) is 2. The molecule has 0 aliphatic rings. The molecule has 2 aromatic carbocycles. The molecule has 0 bridgehead atoms. The van der Waals surface area contributed by atoms with Crippen molar-refractivity contribution in [2.24, 2.45) is 0 Å². The average molecular weight is 401 g/mol. The highest BCUT2D eigenvalue weighted by atomic mass is 19.4. The third kappa shape index (κ3) is 5.60. The number of carbonyl (C=O) groups excluding carboxylic acids is 1. The molecule has 0 saturated heterocycles. The number of alkyl halides is 3. The van der Waals surface area contributed by atoms with Crippen molar-refractivity contribution in [1.29, 1.82) is 0 Å². The van der Waals surface area contributed by atoms with Crippen LogP contribution < -0.4 is 16.4 Å². The first kappa shape index (κ1) is 21.0. The van der Waals surface area contributed by atoms with Crippen molar-refractivity contribution < 1.29 is 31.2 Å². The van der Waals surface area contributed by atoms with Gasteiger partial charge in [0.25, 0.3) is 0 Å². The molecule has 1 aromatic heterocycles. The van der Waals surface area contributed by atoms with E-state index in [1.54, 1.807) is 31.2 Å². The molecule has 4 N–H and O–H groups in total. The van der Waals surface area contributed by atoms with E-state index in [4.69, 9.17) is 10.2 Å². The van der Waals surface area contributed by atoms with Crippen molar-refractivity contribution in [2.45, 2.75) is 20.1 Å². The summed E-state index contributed by atoms with van der Waals surface area (Å²) < 4.78 is 61.4. The van der Waals surface area contributed by atoms with Crippen LogP contribution in [0.2, 0.25) is 0 Å². The zero-order valence-electron chi connectivity index (χ0n) is 14.5. The molecule has 2 amide bonds. The summed E-state index contributed by atoms with van der Waals surface area (Å²) in [6.07, 6.45) is 0. The van der Waals surface area contributed by atoms with E-state index in [2.05, 4.69) is 10.6 Å². The molecule has 5 nitrogen and oxygen atoms in total. The van der Waals surface area contributed by atoms with E-state index in [1.807, 2.05) is 0 Å². The molecule has 0 aliphatic heterocycles. The molecule has 0 aliphatic carbocycles. The second-order valence-electron chi connectivity index (χ2n) is 5.59. The number of amides is 2. The number of nitrogens with two attached hydrogens (primary N) is 1. The Morgan fingerprint density at radius 1 is 1.14 bits per heavy atom. The number of hydrogen-bond acceptors (Lipinski definition) is 3. The average Bonchev–Trinajstić information content (AvgIpc) is 2.91. The van der Waals surface area contributed by atoms with Crippen LogP contribution in [0.25, 0.3) is 11.0 Å². The van der Waals surface area contributed by atoms with E-state index in [9.17, 15) is 26.7 Å². The molecule has 0 spiro atoms. The number of hydrogen-bond donors (Lipinski definition) is 3. The molecule has 0 radical (unpaired) electrons. The summed E-state index contributed by atoms with van der Waals surface area (Å²) in [5, 5.41) is 5.59. The van der Waals surface area contributed by atoms with Crippen LogP contribution >= 0.6 is 0 Å². The topological polar surface area (TPSA) is 80.3 Å². The highest BCUT2D eigenvalue weighted by molar-refractivity contribution is 5.89. The Hall–Kier alpha value is -3.30. The van der Waals surface area contributed by atoms with Gasteiger partial charge in [0.05, 0.1) is 6.54 Å².